The zero-order valence-electron chi connectivity index (χ0n) is 20.7. The summed E-state index contributed by atoms with van der Waals surface area (Å²) in [6.07, 6.45) is 0. The molecule has 0 bridgehead atoms. The number of hydrogen-bond donors (Lipinski definition) is 2. The monoisotopic (exact) mass is 480 g/mol. The van der Waals surface area contributed by atoms with Gasteiger partial charge in [-0.3, -0.25) is 4.79 Å². The van der Waals surface area contributed by atoms with Gasteiger partial charge in [0.05, 0.1) is 5.57 Å². The quantitative estimate of drug-likeness (QED) is 0.399. The number of amides is 1. The maximum atomic E-state index is 13.6. The third-order valence-electron chi connectivity index (χ3n) is 6.66. The maximum Gasteiger partial charge on any atom is 0.255 e. The number of aromatic nitrogens is 4. The Morgan fingerprint density at radius 1 is 0.972 bits per heavy atom. The number of fused-ring (bicyclic) bond motifs is 1. The highest BCUT2D eigenvalue weighted by molar-refractivity contribution is 6.06. The highest BCUT2D eigenvalue weighted by Crippen LogP contribution is 2.36. The highest BCUT2D eigenvalue weighted by Gasteiger charge is 2.34. The first kappa shape index (κ1) is 23.3. The summed E-state index contributed by atoms with van der Waals surface area (Å²) in [5.74, 6) is 1.02. The Morgan fingerprint density at radius 2 is 1.72 bits per heavy atom. The molecule has 2 heterocycles. The average Bonchev–Trinajstić information content (AvgIpc) is 3.34. The van der Waals surface area contributed by atoms with E-state index in [2.05, 4.69) is 45.2 Å². The predicted octanol–water partition coefficient (Wildman–Crippen LogP) is 5.10. The summed E-state index contributed by atoms with van der Waals surface area (Å²) in [4.78, 5) is 13.6. The maximum absolute atomic E-state index is 13.6. The van der Waals surface area contributed by atoms with Crippen LogP contribution in [0.2, 0.25) is 0 Å². The zero-order chi connectivity index (χ0) is 25.2. The molecule has 0 spiro atoms. The molecule has 2 N–H and O–H groups in total. The third kappa shape index (κ3) is 4.45. The van der Waals surface area contributed by atoms with Gasteiger partial charge in [-0.25, -0.2) is 0 Å². The van der Waals surface area contributed by atoms with Gasteiger partial charge >= 0.3 is 0 Å². The van der Waals surface area contributed by atoms with Crippen LogP contribution in [0.1, 0.15) is 40.8 Å². The Labute approximate surface area is 210 Å². The van der Waals surface area contributed by atoms with Crippen molar-refractivity contribution in [3.05, 3.63) is 106 Å². The van der Waals surface area contributed by atoms with E-state index in [1.807, 2.05) is 75.4 Å². The minimum atomic E-state index is -0.494. The lowest BCUT2D eigenvalue weighted by Gasteiger charge is -2.28. The van der Waals surface area contributed by atoms with Crippen LogP contribution in [0.15, 0.2) is 78.0 Å². The van der Waals surface area contributed by atoms with Crippen LogP contribution in [-0.2, 0) is 11.4 Å². The second-order valence-corrected chi connectivity index (χ2v) is 9.00. The topological polar surface area (TPSA) is 94.0 Å². The molecule has 1 aliphatic rings. The number of nitrogens with zero attached hydrogens (tertiary/aromatic N) is 4. The number of tetrazole rings is 1. The van der Waals surface area contributed by atoms with Gasteiger partial charge in [0.2, 0.25) is 5.95 Å². The van der Waals surface area contributed by atoms with Crippen molar-refractivity contribution in [2.45, 2.75) is 40.3 Å². The first-order chi connectivity index (χ1) is 17.4. The van der Waals surface area contributed by atoms with Crippen LogP contribution >= 0.6 is 0 Å². The minimum absolute atomic E-state index is 0.209. The van der Waals surface area contributed by atoms with Crippen LogP contribution in [0.5, 0.6) is 5.75 Å². The van der Waals surface area contributed by atoms with Gasteiger partial charge < -0.3 is 15.4 Å². The molecule has 3 aromatic carbocycles. The summed E-state index contributed by atoms with van der Waals surface area (Å²) in [5, 5.41) is 18.3. The second kappa shape index (κ2) is 9.65. The smallest absolute Gasteiger partial charge is 0.255 e. The standard InChI is InChI=1S/C28H28N6O2/c1-17-9-7-11-24(19(17)3)30-27(35)25-20(4)29-28-31-32-33-34(28)26(25)21-12-14-23(15-13-21)36-16-22-10-6-5-8-18(22)2/h5-15,26H,16H2,1-4H3,(H,30,35)(H,29,31,33). The van der Waals surface area contributed by atoms with Gasteiger partial charge in [0.25, 0.3) is 5.91 Å². The third-order valence-corrected chi connectivity index (χ3v) is 6.66. The number of carbonyl (C=O) groups is 1. The SMILES string of the molecule is CC1=C(C(=O)Nc2cccc(C)c2C)C(c2ccc(OCc3ccccc3C)cc2)n2nnnc2N1. The molecule has 1 aromatic heterocycles. The van der Waals surface area contributed by atoms with Crippen LogP contribution in [0.4, 0.5) is 11.6 Å². The number of rotatable bonds is 6. The Morgan fingerprint density at radius 3 is 2.50 bits per heavy atom. The number of benzene rings is 3. The summed E-state index contributed by atoms with van der Waals surface area (Å²) < 4.78 is 7.65. The van der Waals surface area contributed by atoms with Crippen molar-refractivity contribution in [2.75, 3.05) is 10.6 Å². The fourth-order valence-corrected chi connectivity index (χ4v) is 4.37. The molecule has 1 atom stereocenters. The van der Waals surface area contributed by atoms with E-state index in [0.717, 1.165) is 33.7 Å². The van der Waals surface area contributed by atoms with Crippen molar-refractivity contribution in [1.29, 1.82) is 0 Å². The van der Waals surface area contributed by atoms with Gasteiger partial charge in [-0.05, 0) is 84.1 Å². The number of nitrogens with one attached hydrogen (secondary N) is 2. The summed E-state index contributed by atoms with van der Waals surface area (Å²) >= 11 is 0. The molecule has 8 nitrogen and oxygen atoms in total. The van der Waals surface area contributed by atoms with Crippen LogP contribution < -0.4 is 15.4 Å². The minimum Gasteiger partial charge on any atom is -0.489 e. The lowest BCUT2D eigenvalue weighted by Crippen LogP contribution is -2.31. The molecule has 182 valence electrons. The van der Waals surface area contributed by atoms with Crippen LogP contribution in [0.3, 0.4) is 0 Å². The molecule has 0 aliphatic carbocycles. The van der Waals surface area contributed by atoms with Crippen molar-refractivity contribution in [1.82, 2.24) is 20.2 Å². The summed E-state index contributed by atoms with van der Waals surface area (Å²) in [6, 6.07) is 21.3. The number of carbonyl (C=O) groups excluding carboxylic acids is 1. The fraction of sp³-hybridized carbons (Fsp3) is 0.214. The molecule has 0 saturated carbocycles. The van der Waals surface area contributed by atoms with Crippen molar-refractivity contribution >= 4 is 17.5 Å². The van der Waals surface area contributed by atoms with E-state index in [1.54, 1.807) is 4.68 Å². The van der Waals surface area contributed by atoms with Crippen molar-refractivity contribution in [3.8, 4) is 5.75 Å². The first-order valence-electron chi connectivity index (χ1n) is 11.8. The molecule has 1 unspecified atom stereocenters. The largest absolute Gasteiger partial charge is 0.489 e. The molecule has 0 radical (unpaired) electrons. The Kier molecular flexibility index (Phi) is 6.25. The van der Waals surface area contributed by atoms with E-state index in [0.29, 0.717) is 23.8 Å². The number of allylic oxidation sites excluding steroid dienone is 1. The van der Waals surface area contributed by atoms with Crippen LogP contribution in [-0.4, -0.2) is 26.1 Å². The highest BCUT2D eigenvalue weighted by atomic mass is 16.5. The van der Waals surface area contributed by atoms with E-state index in [4.69, 9.17) is 4.74 Å². The first-order valence-corrected chi connectivity index (χ1v) is 11.8. The summed E-state index contributed by atoms with van der Waals surface area (Å²) in [6.45, 7) is 8.44. The average molecular weight is 481 g/mol. The van der Waals surface area contributed by atoms with E-state index >= 15 is 0 Å². The Balaban J connectivity index is 1.43. The predicted molar refractivity (Wildman–Crippen MR) is 139 cm³/mol. The second-order valence-electron chi connectivity index (χ2n) is 9.00. The Hall–Kier alpha value is -4.46. The van der Waals surface area contributed by atoms with E-state index < -0.39 is 6.04 Å². The van der Waals surface area contributed by atoms with Gasteiger partial charge in [0, 0.05) is 11.4 Å². The number of hydrogen-bond acceptors (Lipinski definition) is 6. The van der Waals surface area contributed by atoms with Gasteiger partial charge in [-0.1, -0.05) is 53.6 Å². The number of anilines is 2. The van der Waals surface area contributed by atoms with Gasteiger partial charge in [0.15, 0.2) is 0 Å². The lowest BCUT2D eigenvalue weighted by atomic mass is 9.94. The van der Waals surface area contributed by atoms with Gasteiger partial charge in [-0.15, -0.1) is 0 Å². The molecule has 0 saturated heterocycles. The molecule has 8 heteroatoms. The van der Waals surface area contributed by atoms with Crippen LogP contribution in [0.25, 0.3) is 0 Å². The molecule has 5 rings (SSSR count). The van der Waals surface area contributed by atoms with Gasteiger partial charge in [-0.2, -0.15) is 4.68 Å². The fourth-order valence-electron chi connectivity index (χ4n) is 4.37. The molecular weight excluding hydrogens is 452 g/mol. The zero-order valence-corrected chi connectivity index (χ0v) is 20.7. The van der Waals surface area contributed by atoms with E-state index in [-0.39, 0.29) is 5.91 Å². The number of aryl methyl sites for hydroxylation is 2. The normalized spacial score (nSPS) is 14.7. The van der Waals surface area contributed by atoms with Crippen molar-refractivity contribution in [2.24, 2.45) is 0 Å². The molecule has 1 amide bonds. The molecular formula is C28H28N6O2. The number of ether oxygens (including phenoxy) is 1. The summed E-state index contributed by atoms with van der Waals surface area (Å²) in [5.41, 5.74) is 7.37. The molecule has 0 fully saturated rings. The Bertz CT molecular complexity index is 1460. The molecule has 1 aliphatic heterocycles. The summed E-state index contributed by atoms with van der Waals surface area (Å²) in [7, 11) is 0. The van der Waals surface area contributed by atoms with Crippen molar-refractivity contribution < 1.29 is 9.53 Å². The lowest BCUT2D eigenvalue weighted by molar-refractivity contribution is -0.113. The van der Waals surface area contributed by atoms with E-state index in [1.165, 1.54) is 5.56 Å². The van der Waals surface area contributed by atoms with Crippen LogP contribution in [0, 0.1) is 20.8 Å². The van der Waals surface area contributed by atoms with E-state index in [9.17, 15) is 4.79 Å². The molecule has 36 heavy (non-hydrogen) atoms. The van der Waals surface area contributed by atoms with Crippen molar-refractivity contribution in [3.63, 3.8) is 0 Å². The van der Waals surface area contributed by atoms with Gasteiger partial charge in [0.1, 0.15) is 18.4 Å². The molecule has 4 aromatic rings.